The van der Waals surface area contributed by atoms with Crippen LogP contribution in [0, 0.1) is 20.8 Å². The molecule has 0 aromatic heterocycles. The molecular formula is C31H35N3O2. The third-order valence-corrected chi connectivity index (χ3v) is 7.23. The van der Waals surface area contributed by atoms with Gasteiger partial charge in [0.2, 0.25) is 0 Å². The molecule has 1 unspecified atom stereocenters. The third kappa shape index (κ3) is 3.95. The lowest BCUT2D eigenvalue weighted by molar-refractivity contribution is 0.0248. The van der Waals surface area contributed by atoms with E-state index in [1.165, 1.54) is 0 Å². The zero-order valence-electron chi connectivity index (χ0n) is 21.9. The first-order valence-corrected chi connectivity index (χ1v) is 12.1. The highest BCUT2D eigenvalue weighted by molar-refractivity contribution is 5.97. The monoisotopic (exact) mass is 481 g/mol. The molecule has 5 heteroatoms. The number of anilines is 3. The average molecular weight is 482 g/mol. The van der Waals surface area contributed by atoms with E-state index >= 15 is 0 Å². The van der Waals surface area contributed by atoms with E-state index in [-0.39, 0.29) is 5.97 Å². The first-order valence-electron chi connectivity index (χ1n) is 12.1. The number of nitrogens with two attached hydrogens (primary N) is 1. The van der Waals surface area contributed by atoms with Crippen LogP contribution < -0.4 is 15.5 Å². The molecule has 3 aromatic carbocycles. The Morgan fingerprint density at radius 3 is 2.08 bits per heavy atom. The van der Waals surface area contributed by atoms with E-state index in [2.05, 4.69) is 43.2 Å². The van der Waals surface area contributed by atoms with Crippen molar-refractivity contribution in [2.45, 2.75) is 26.4 Å². The van der Waals surface area contributed by atoms with Crippen molar-refractivity contribution in [2.24, 2.45) is 0 Å². The molecule has 0 saturated heterocycles. The molecular weight excluding hydrogens is 446 g/mol. The van der Waals surface area contributed by atoms with Crippen molar-refractivity contribution in [3.8, 4) is 0 Å². The minimum atomic E-state index is -1.08. The quantitative estimate of drug-likeness (QED) is 0.247. The van der Waals surface area contributed by atoms with E-state index in [9.17, 15) is 4.79 Å². The van der Waals surface area contributed by atoms with Gasteiger partial charge in [0.1, 0.15) is 0 Å². The van der Waals surface area contributed by atoms with Crippen molar-refractivity contribution >= 4 is 23.0 Å². The summed E-state index contributed by atoms with van der Waals surface area (Å²) in [5, 5.41) is 0. The molecule has 0 fully saturated rings. The second kappa shape index (κ2) is 9.57. The van der Waals surface area contributed by atoms with Gasteiger partial charge in [-0.15, -0.1) is 13.2 Å². The average Bonchev–Trinajstić information content (AvgIpc) is 3.14. The maximum Gasteiger partial charge on any atom is 0.340 e. The van der Waals surface area contributed by atoms with Crippen LogP contribution in [0.4, 0.5) is 17.1 Å². The van der Waals surface area contributed by atoms with E-state index in [1.807, 2.05) is 75.3 Å². The minimum absolute atomic E-state index is 0.328. The molecule has 1 heterocycles. The zero-order valence-corrected chi connectivity index (χ0v) is 21.9. The van der Waals surface area contributed by atoms with Crippen LogP contribution in [0.1, 0.15) is 43.7 Å². The summed E-state index contributed by atoms with van der Waals surface area (Å²) in [4.78, 5) is 17.6. The van der Waals surface area contributed by atoms with Gasteiger partial charge in [0.25, 0.3) is 0 Å². The van der Waals surface area contributed by atoms with Crippen LogP contribution in [-0.2, 0) is 10.3 Å². The maximum absolute atomic E-state index is 13.4. The van der Waals surface area contributed by atoms with Gasteiger partial charge in [-0.05, 0) is 67.8 Å². The molecule has 2 N–H and O–H groups in total. The topological polar surface area (TPSA) is 58.8 Å². The minimum Gasteiger partial charge on any atom is -0.441 e. The summed E-state index contributed by atoms with van der Waals surface area (Å²) in [6.07, 6.45) is 3.76. The largest absolute Gasteiger partial charge is 0.441 e. The Morgan fingerprint density at radius 2 is 1.47 bits per heavy atom. The molecule has 186 valence electrons. The summed E-state index contributed by atoms with van der Waals surface area (Å²) >= 11 is 0. The number of nitrogen functional groups attached to an aromatic ring is 1. The van der Waals surface area contributed by atoms with Crippen LogP contribution in [0.5, 0.6) is 0 Å². The predicted molar refractivity (Wildman–Crippen MR) is 150 cm³/mol. The van der Waals surface area contributed by atoms with Crippen LogP contribution in [0.25, 0.3) is 0 Å². The number of esters is 1. The number of cyclic esters (lactones) is 1. The SMILES string of the molecule is C=CCN(CC=C)c1ccc(C2(c3ccc(N)c(C)c3C)OC(=O)c3cc(N(C)C)ccc32)c(C)c1. The lowest BCUT2D eigenvalue weighted by Crippen LogP contribution is -2.32. The zero-order chi connectivity index (χ0) is 26.2. The van der Waals surface area contributed by atoms with Crippen molar-refractivity contribution in [3.05, 3.63) is 113 Å². The fourth-order valence-electron chi connectivity index (χ4n) is 5.14. The van der Waals surface area contributed by atoms with Crippen molar-refractivity contribution < 1.29 is 9.53 Å². The molecule has 0 spiro atoms. The van der Waals surface area contributed by atoms with Gasteiger partial charge in [0.15, 0.2) is 5.60 Å². The molecule has 0 bridgehead atoms. The Balaban J connectivity index is 2.01. The number of fused-ring (bicyclic) bond motifs is 1. The molecule has 1 aliphatic rings. The van der Waals surface area contributed by atoms with Gasteiger partial charge >= 0.3 is 5.97 Å². The molecule has 0 radical (unpaired) electrons. The number of hydrogen-bond acceptors (Lipinski definition) is 5. The lowest BCUT2D eigenvalue weighted by atomic mass is 9.75. The second-order valence-corrected chi connectivity index (χ2v) is 9.63. The second-order valence-electron chi connectivity index (χ2n) is 9.63. The summed E-state index contributed by atoms with van der Waals surface area (Å²) in [5.41, 5.74) is 14.2. The number of nitrogens with zero attached hydrogens (tertiary/aromatic N) is 2. The van der Waals surface area contributed by atoms with E-state index in [4.69, 9.17) is 10.5 Å². The molecule has 0 aliphatic carbocycles. The normalized spacial score (nSPS) is 16.3. The standard InChI is InChI=1S/C31H35N3O2/c1-8-16-34(17-9-2)24-11-12-26(20(3)18-24)31(27-14-15-29(32)22(5)21(27)4)28-13-10-23(33(6)7)19-25(28)30(35)36-31/h8-15,18-19H,1-2,16-17,32H2,3-7H3. The van der Waals surface area contributed by atoms with Gasteiger partial charge in [0.05, 0.1) is 5.56 Å². The van der Waals surface area contributed by atoms with Crippen LogP contribution in [0.3, 0.4) is 0 Å². The molecule has 3 aromatic rings. The van der Waals surface area contributed by atoms with Crippen molar-refractivity contribution in [2.75, 3.05) is 42.7 Å². The van der Waals surface area contributed by atoms with E-state index in [1.54, 1.807) is 0 Å². The predicted octanol–water partition coefficient (Wildman–Crippen LogP) is 5.90. The van der Waals surface area contributed by atoms with Crippen LogP contribution in [-0.4, -0.2) is 33.2 Å². The number of carbonyl (C=O) groups excluding carboxylic acids is 1. The highest BCUT2D eigenvalue weighted by Crippen LogP contribution is 2.50. The molecule has 36 heavy (non-hydrogen) atoms. The van der Waals surface area contributed by atoms with Gasteiger partial charge in [-0.25, -0.2) is 4.79 Å². The smallest absolute Gasteiger partial charge is 0.340 e. The highest BCUT2D eigenvalue weighted by atomic mass is 16.6. The van der Waals surface area contributed by atoms with Crippen LogP contribution >= 0.6 is 0 Å². The highest BCUT2D eigenvalue weighted by Gasteiger charge is 2.50. The van der Waals surface area contributed by atoms with Crippen molar-refractivity contribution in [3.63, 3.8) is 0 Å². The van der Waals surface area contributed by atoms with Crippen molar-refractivity contribution in [1.82, 2.24) is 0 Å². The Labute approximate surface area is 214 Å². The molecule has 4 rings (SSSR count). The number of carbonyl (C=O) groups is 1. The number of hydrogen-bond donors (Lipinski definition) is 1. The Morgan fingerprint density at radius 1 is 0.861 bits per heavy atom. The van der Waals surface area contributed by atoms with E-state index in [0.717, 1.165) is 50.4 Å². The van der Waals surface area contributed by atoms with Gasteiger partial charge in [-0.3, -0.25) is 0 Å². The van der Waals surface area contributed by atoms with Gasteiger partial charge in [-0.2, -0.15) is 0 Å². The summed E-state index contributed by atoms with van der Waals surface area (Å²) in [7, 11) is 3.92. The van der Waals surface area contributed by atoms with Crippen LogP contribution in [0.2, 0.25) is 0 Å². The number of rotatable bonds is 8. The Hall–Kier alpha value is -3.99. The Bertz CT molecular complexity index is 1350. The Kier molecular flexibility index (Phi) is 6.68. The summed E-state index contributed by atoms with van der Waals surface area (Å²) in [5.74, 6) is -0.328. The summed E-state index contributed by atoms with van der Waals surface area (Å²) in [6, 6.07) is 16.2. The molecule has 1 aliphatic heterocycles. The van der Waals surface area contributed by atoms with Crippen molar-refractivity contribution in [1.29, 1.82) is 0 Å². The molecule has 0 amide bonds. The lowest BCUT2D eigenvalue weighted by Gasteiger charge is -2.34. The van der Waals surface area contributed by atoms with E-state index in [0.29, 0.717) is 18.7 Å². The van der Waals surface area contributed by atoms with Crippen LogP contribution in [0.15, 0.2) is 73.8 Å². The summed E-state index contributed by atoms with van der Waals surface area (Å²) in [6.45, 7) is 15.3. The first kappa shape index (κ1) is 25.1. The van der Waals surface area contributed by atoms with Gasteiger partial charge < -0.3 is 20.3 Å². The fraction of sp³-hybridized carbons (Fsp3) is 0.258. The maximum atomic E-state index is 13.4. The first-order chi connectivity index (χ1) is 17.1. The number of aryl methyl sites for hydroxylation is 1. The summed E-state index contributed by atoms with van der Waals surface area (Å²) < 4.78 is 6.43. The van der Waals surface area contributed by atoms with Gasteiger partial charge in [0, 0.05) is 60.9 Å². The molecule has 0 saturated carbocycles. The molecule has 1 atom stereocenters. The number of ether oxygens (including phenoxy) is 1. The number of benzene rings is 3. The fourth-order valence-corrected chi connectivity index (χ4v) is 5.14. The van der Waals surface area contributed by atoms with E-state index < -0.39 is 5.60 Å². The molecule has 5 nitrogen and oxygen atoms in total. The van der Waals surface area contributed by atoms with Gasteiger partial charge in [-0.1, -0.05) is 30.4 Å². The third-order valence-electron chi connectivity index (χ3n) is 7.23.